The van der Waals surface area contributed by atoms with Gasteiger partial charge in [0.05, 0.1) is 6.04 Å². The number of hydrogen-bond acceptors (Lipinski definition) is 4. The number of hydrogen-bond donors (Lipinski definition) is 1. The highest BCUT2D eigenvalue weighted by Gasteiger charge is 2.25. The molecule has 1 atom stereocenters. The first-order valence-electron chi connectivity index (χ1n) is 7.52. The van der Waals surface area contributed by atoms with Gasteiger partial charge in [0.1, 0.15) is 5.82 Å². The third-order valence-corrected chi connectivity index (χ3v) is 4.28. The molecule has 1 aliphatic rings. The zero-order valence-electron chi connectivity index (χ0n) is 12.5. The number of anilines is 1. The molecule has 1 fully saturated rings. The van der Waals surface area contributed by atoms with E-state index in [9.17, 15) is 4.79 Å². The van der Waals surface area contributed by atoms with Crippen LogP contribution >= 0.6 is 15.9 Å². The summed E-state index contributed by atoms with van der Waals surface area (Å²) in [4.78, 5) is 20.7. The summed E-state index contributed by atoms with van der Waals surface area (Å²) in [5.74, 6) is 1.05. The maximum Gasteiger partial charge on any atom is 0.239 e. The van der Waals surface area contributed by atoms with E-state index in [1.807, 2.05) is 17.0 Å². The summed E-state index contributed by atoms with van der Waals surface area (Å²) in [6.07, 6.45) is 4.66. The highest BCUT2D eigenvalue weighted by atomic mass is 79.9. The number of rotatable bonds is 5. The molecule has 2 N–H and O–H groups in total. The third-order valence-electron chi connectivity index (χ3n) is 3.81. The van der Waals surface area contributed by atoms with Crippen LogP contribution in [0.2, 0.25) is 0 Å². The normalized spacial score (nSPS) is 16.9. The van der Waals surface area contributed by atoms with Crippen molar-refractivity contribution in [2.45, 2.75) is 32.2 Å². The minimum Gasteiger partial charge on any atom is -0.353 e. The molecule has 1 unspecified atom stereocenters. The molecule has 1 saturated heterocycles. The first-order valence-corrected chi connectivity index (χ1v) is 8.32. The molecule has 0 saturated carbocycles. The Balaban J connectivity index is 1.85. The van der Waals surface area contributed by atoms with Gasteiger partial charge in [-0.15, -0.1) is 0 Å². The van der Waals surface area contributed by atoms with E-state index >= 15 is 0 Å². The van der Waals surface area contributed by atoms with Gasteiger partial charge in [0.2, 0.25) is 5.91 Å². The average molecular weight is 355 g/mol. The number of carbonyl (C=O) groups excluding carboxylic acids is 1. The molecule has 0 aliphatic carbocycles. The van der Waals surface area contributed by atoms with Gasteiger partial charge in [-0.25, -0.2) is 4.98 Å². The molecule has 0 spiro atoms. The van der Waals surface area contributed by atoms with Crippen LogP contribution in [0.3, 0.4) is 0 Å². The molecule has 1 amide bonds. The van der Waals surface area contributed by atoms with Gasteiger partial charge in [-0.2, -0.15) is 0 Å². The summed E-state index contributed by atoms with van der Waals surface area (Å²) < 4.78 is 0.974. The fraction of sp³-hybridized carbons (Fsp3) is 0.600. The maximum absolute atomic E-state index is 12.3. The van der Waals surface area contributed by atoms with E-state index in [2.05, 4.69) is 32.7 Å². The number of carbonyl (C=O) groups is 1. The Bertz CT molecular complexity index is 457. The van der Waals surface area contributed by atoms with Crippen LogP contribution in [-0.4, -0.2) is 48.0 Å². The SMILES string of the molecule is CCCCC(N)C(=O)N1CCN(c2ccc(Br)cn2)CC1. The average Bonchev–Trinajstić information content (AvgIpc) is 2.53. The number of nitrogens with zero attached hydrogens (tertiary/aromatic N) is 3. The standard InChI is InChI=1S/C15H23BrN4O/c1-2-3-4-13(17)15(21)20-9-7-19(8-10-20)14-6-5-12(16)11-18-14/h5-6,11,13H,2-4,7-10,17H2,1H3. The van der Waals surface area contributed by atoms with Crippen LogP contribution in [-0.2, 0) is 4.79 Å². The molecule has 0 aromatic carbocycles. The van der Waals surface area contributed by atoms with Crippen LogP contribution in [0.1, 0.15) is 26.2 Å². The fourth-order valence-electron chi connectivity index (χ4n) is 2.49. The lowest BCUT2D eigenvalue weighted by atomic mass is 10.1. The Morgan fingerprint density at radius 3 is 2.67 bits per heavy atom. The van der Waals surface area contributed by atoms with E-state index in [0.29, 0.717) is 0 Å². The molecule has 2 rings (SSSR count). The van der Waals surface area contributed by atoms with Gasteiger partial charge in [0.25, 0.3) is 0 Å². The van der Waals surface area contributed by atoms with E-state index in [0.717, 1.165) is 55.7 Å². The molecule has 0 radical (unpaired) electrons. The topological polar surface area (TPSA) is 62.5 Å². The summed E-state index contributed by atoms with van der Waals surface area (Å²) in [6, 6.07) is 3.64. The van der Waals surface area contributed by atoms with Gasteiger partial charge >= 0.3 is 0 Å². The number of unbranched alkanes of at least 4 members (excludes halogenated alkanes) is 1. The van der Waals surface area contributed by atoms with Crippen molar-refractivity contribution >= 4 is 27.7 Å². The lowest BCUT2D eigenvalue weighted by molar-refractivity contribution is -0.133. The number of piperazine rings is 1. The van der Waals surface area contributed by atoms with Crippen LogP contribution in [0.5, 0.6) is 0 Å². The summed E-state index contributed by atoms with van der Waals surface area (Å²) in [7, 11) is 0. The van der Waals surface area contributed by atoms with E-state index in [-0.39, 0.29) is 11.9 Å². The molecule has 0 bridgehead atoms. The van der Waals surface area contributed by atoms with Crippen LogP contribution in [0, 0.1) is 0 Å². The van der Waals surface area contributed by atoms with Crippen molar-refractivity contribution in [2.75, 3.05) is 31.1 Å². The summed E-state index contributed by atoms with van der Waals surface area (Å²) in [5, 5.41) is 0. The van der Waals surface area contributed by atoms with Crippen molar-refractivity contribution in [1.82, 2.24) is 9.88 Å². The van der Waals surface area contributed by atoms with E-state index in [4.69, 9.17) is 5.73 Å². The summed E-state index contributed by atoms with van der Waals surface area (Å²) >= 11 is 3.39. The van der Waals surface area contributed by atoms with Crippen molar-refractivity contribution in [2.24, 2.45) is 5.73 Å². The molecule has 116 valence electrons. The van der Waals surface area contributed by atoms with Crippen molar-refractivity contribution in [3.05, 3.63) is 22.8 Å². The van der Waals surface area contributed by atoms with Crippen LogP contribution in [0.25, 0.3) is 0 Å². The number of pyridine rings is 1. The number of nitrogens with two attached hydrogens (primary N) is 1. The number of aromatic nitrogens is 1. The van der Waals surface area contributed by atoms with E-state index in [1.165, 1.54) is 0 Å². The zero-order chi connectivity index (χ0) is 15.2. The second-order valence-corrected chi connectivity index (χ2v) is 6.31. The molecule has 21 heavy (non-hydrogen) atoms. The molecule has 5 nitrogen and oxygen atoms in total. The first kappa shape index (κ1) is 16.2. The molecule has 2 heterocycles. The van der Waals surface area contributed by atoms with Crippen LogP contribution in [0.15, 0.2) is 22.8 Å². The molecular formula is C15H23BrN4O. The second-order valence-electron chi connectivity index (χ2n) is 5.40. The van der Waals surface area contributed by atoms with Crippen molar-refractivity contribution in [3.8, 4) is 0 Å². The third kappa shape index (κ3) is 4.41. The van der Waals surface area contributed by atoms with Gasteiger partial charge in [0, 0.05) is 36.8 Å². The summed E-state index contributed by atoms with van der Waals surface area (Å²) in [5.41, 5.74) is 5.97. The first-order chi connectivity index (χ1) is 10.1. The zero-order valence-corrected chi connectivity index (χ0v) is 14.1. The quantitative estimate of drug-likeness (QED) is 0.878. The van der Waals surface area contributed by atoms with E-state index in [1.54, 1.807) is 6.20 Å². The molecular weight excluding hydrogens is 332 g/mol. The Hall–Kier alpha value is -1.14. The Morgan fingerprint density at radius 1 is 1.38 bits per heavy atom. The van der Waals surface area contributed by atoms with Crippen LogP contribution < -0.4 is 10.6 Å². The number of amides is 1. The number of halogens is 1. The lowest BCUT2D eigenvalue weighted by Gasteiger charge is -2.36. The predicted octanol–water partition coefficient (Wildman–Crippen LogP) is 2.01. The lowest BCUT2D eigenvalue weighted by Crippen LogP contribution is -2.53. The predicted molar refractivity (Wildman–Crippen MR) is 88.2 cm³/mol. The van der Waals surface area contributed by atoms with Gasteiger partial charge in [0.15, 0.2) is 0 Å². The highest BCUT2D eigenvalue weighted by Crippen LogP contribution is 2.17. The largest absolute Gasteiger partial charge is 0.353 e. The van der Waals surface area contributed by atoms with Gasteiger partial charge in [-0.05, 0) is 34.5 Å². The van der Waals surface area contributed by atoms with E-state index < -0.39 is 0 Å². The Morgan fingerprint density at radius 2 is 2.10 bits per heavy atom. The molecule has 1 aromatic heterocycles. The van der Waals surface area contributed by atoms with Gasteiger partial charge < -0.3 is 15.5 Å². The summed E-state index contributed by atoms with van der Waals surface area (Å²) in [6.45, 7) is 5.16. The highest BCUT2D eigenvalue weighted by molar-refractivity contribution is 9.10. The second kappa shape index (κ2) is 7.75. The van der Waals surface area contributed by atoms with Gasteiger partial charge in [-0.3, -0.25) is 4.79 Å². The maximum atomic E-state index is 12.3. The molecule has 1 aromatic rings. The minimum absolute atomic E-state index is 0.0897. The van der Waals surface area contributed by atoms with Crippen molar-refractivity contribution < 1.29 is 4.79 Å². The fourth-order valence-corrected chi connectivity index (χ4v) is 2.73. The van der Waals surface area contributed by atoms with Crippen molar-refractivity contribution in [1.29, 1.82) is 0 Å². The molecule has 6 heteroatoms. The minimum atomic E-state index is -0.345. The smallest absolute Gasteiger partial charge is 0.239 e. The molecule has 1 aliphatic heterocycles. The Labute approximate surface area is 134 Å². The Kier molecular flexibility index (Phi) is 5.99. The van der Waals surface area contributed by atoms with Gasteiger partial charge in [-0.1, -0.05) is 19.8 Å². The van der Waals surface area contributed by atoms with Crippen molar-refractivity contribution in [3.63, 3.8) is 0 Å². The van der Waals surface area contributed by atoms with Crippen LogP contribution in [0.4, 0.5) is 5.82 Å². The monoisotopic (exact) mass is 354 g/mol.